The predicted octanol–water partition coefficient (Wildman–Crippen LogP) is 3.10. The van der Waals surface area contributed by atoms with Gasteiger partial charge in [0, 0.05) is 55.9 Å². The summed E-state index contributed by atoms with van der Waals surface area (Å²) in [5.74, 6) is 0.0277. The van der Waals surface area contributed by atoms with Crippen LogP contribution in [0.15, 0.2) is 35.4 Å². The van der Waals surface area contributed by atoms with Crippen molar-refractivity contribution < 1.29 is 9.53 Å². The summed E-state index contributed by atoms with van der Waals surface area (Å²) < 4.78 is 8.13. The quantitative estimate of drug-likeness (QED) is 0.569. The van der Waals surface area contributed by atoms with Gasteiger partial charge in [0.2, 0.25) is 0 Å². The van der Waals surface area contributed by atoms with Gasteiger partial charge in [-0.15, -0.1) is 0 Å². The van der Waals surface area contributed by atoms with Gasteiger partial charge < -0.3 is 9.30 Å². The maximum absolute atomic E-state index is 12.9. The zero-order valence-corrected chi connectivity index (χ0v) is 17.0. The Morgan fingerprint density at radius 2 is 2.00 bits per heavy atom. The third-order valence-electron chi connectivity index (χ3n) is 5.05. The van der Waals surface area contributed by atoms with Crippen LogP contribution in [0.5, 0.6) is 0 Å². The van der Waals surface area contributed by atoms with E-state index in [4.69, 9.17) is 17.0 Å². The van der Waals surface area contributed by atoms with Crippen molar-refractivity contribution in [1.29, 1.82) is 0 Å². The average Bonchev–Trinajstić information content (AvgIpc) is 3.14. The number of ether oxygens (including phenoxy) is 1. The monoisotopic (exact) mass is 401 g/mol. The number of thiocarbonyl (C=S) groups is 1. The lowest BCUT2D eigenvalue weighted by atomic mass is 10.1. The maximum Gasteiger partial charge on any atom is 0.266 e. The summed E-state index contributed by atoms with van der Waals surface area (Å²) >= 11 is 6.88. The Balaban J connectivity index is 1.44. The van der Waals surface area contributed by atoms with Crippen LogP contribution in [-0.2, 0) is 16.6 Å². The maximum atomic E-state index is 12.9. The fraction of sp³-hybridized carbons (Fsp3) is 0.400. The third-order valence-corrected chi connectivity index (χ3v) is 6.43. The zero-order valence-electron chi connectivity index (χ0n) is 15.4. The molecule has 4 rings (SSSR count). The van der Waals surface area contributed by atoms with Crippen molar-refractivity contribution in [2.45, 2.75) is 6.42 Å². The number of benzene rings is 1. The molecule has 1 aromatic heterocycles. The van der Waals surface area contributed by atoms with Crippen LogP contribution in [0.2, 0.25) is 0 Å². The first-order valence-electron chi connectivity index (χ1n) is 9.23. The molecule has 7 heteroatoms. The molecular formula is C20H23N3O2S2. The van der Waals surface area contributed by atoms with Gasteiger partial charge in [0.1, 0.15) is 4.32 Å². The molecule has 1 aromatic carbocycles. The van der Waals surface area contributed by atoms with E-state index in [9.17, 15) is 4.79 Å². The summed E-state index contributed by atoms with van der Waals surface area (Å²) in [4.78, 5) is 17.7. The lowest BCUT2D eigenvalue weighted by Gasteiger charge is -2.27. The number of para-hydroxylation sites is 1. The van der Waals surface area contributed by atoms with Crippen LogP contribution in [0.1, 0.15) is 12.0 Å². The summed E-state index contributed by atoms with van der Waals surface area (Å²) in [7, 11) is 2.02. The van der Waals surface area contributed by atoms with Crippen molar-refractivity contribution in [1.82, 2.24) is 14.4 Å². The minimum absolute atomic E-state index is 0.0277. The number of amides is 1. The largest absolute Gasteiger partial charge is 0.379 e. The van der Waals surface area contributed by atoms with E-state index < -0.39 is 0 Å². The van der Waals surface area contributed by atoms with Crippen LogP contribution >= 0.6 is 24.0 Å². The standard InChI is InChI=1S/C20H23N3O2S2/c1-21-14-15(16-5-2-3-6-17(16)21)13-18-19(24)23(20(26)27-18)8-4-7-22-9-11-25-12-10-22/h2-3,5-6,13-14H,4,7-12H2,1H3/b18-13-. The molecule has 2 aromatic rings. The van der Waals surface area contributed by atoms with Gasteiger partial charge in [-0.25, -0.2) is 0 Å². The Kier molecular flexibility index (Phi) is 5.63. The second-order valence-electron chi connectivity index (χ2n) is 6.85. The molecule has 0 aliphatic carbocycles. The van der Waals surface area contributed by atoms with Crippen molar-refractivity contribution in [3.63, 3.8) is 0 Å². The summed E-state index contributed by atoms with van der Waals surface area (Å²) in [5.41, 5.74) is 2.21. The van der Waals surface area contributed by atoms with Gasteiger partial charge in [0.05, 0.1) is 18.1 Å². The molecule has 0 spiro atoms. The summed E-state index contributed by atoms with van der Waals surface area (Å²) in [5, 5.41) is 1.15. The van der Waals surface area contributed by atoms with Gasteiger partial charge >= 0.3 is 0 Å². The van der Waals surface area contributed by atoms with Crippen LogP contribution in [-0.4, -0.2) is 64.0 Å². The highest BCUT2D eigenvalue weighted by Gasteiger charge is 2.31. The van der Waals surface area contributed by atoms with Crippen LogP contribution in [0.25, 0.3) is 17.0 Å². The Labute approximate surface area is 168 Å². The number of hydrogen-bond donors (Lipinski definition) is 0. The third kappa shape index (κ3) is 3.96. The number of carbonyl (C=O) groups is 1. The first-order valence-corrected chi connectivity index (χ1v) is 10.5. The first-order chi connectivity index (χ1) is 13.1. The van der Waals surface area contributed by atoms with Gasteiger partial charge in [-0.05, 0) is 18.6 Å². The summed E-state index contributed by atoms with van der Waals surface area (Å²) in [6.07, 6.45) is 4.97. The zero-order chi connectivity index (χ0) is 18.8. The van der Waals surface area contributed by atoms with Crippen molar-refractivity contribution in [2.24, 2.45) is 7.05 Å². The molecule has 142 valence electrons. The highest BCUT2D eigenvalue weighted by molar-refractivity contribution is 8.26. The van der Waals surface area contributed by atoms with Crippen molar-refractivity contribution >= 4 is 51.2 Å². The van der Waals surface area contributed by atoms with E-state index in [1.54, 1.807) is 4.90 Å². The van der Waals surface area contributed by atoms with Gasteiger partial charge in [-0.3, -0.25) is 14.6 Å². The van der Waals surface area contributed by atoms with Gasteiger partial charge in [-0.2, -0.15) is 0 Å². The molecule has 5 nitrogen and oxygen atoms in total. The average molecular weight is 402 g/mol. The van der Waals surface area contributed by atoms with Crippen LogP contribution in [0, 0.1) is 0 Å². The van der Waals surface area contributed by atoms with E-state index in [1.807, 2.05) is 25.3 Å². The Bertz CT molecular complexity index is 900. The molecule has 27 heavy (non-hydrogen) atoms. The van der Waals surface area contributed by atoms with E-state index in [0.717, 1.165) is 55.7 Å². The molecule has 2 saturated heterocycles. The second-order valence-corrected chi connectivity index (χ2v) is 8.53. The smallest absolute Gasteiger partial charge is 0.266 e. The number of thioether (sulfide) groups is 1. The van der Waals surface area contributed by atoms with Gasteiger partial charge in [0.25, 0.3) is 5.91 Å². The van der Waals surface area contributed by atoms with E-state index in [2.05, 4.69) is 27.8 Å². The number of hydrogen-bond acceptors (Lipinski definition) is 5. The highest BCUT2D eigenvalue weighted by atomic mass is 32.2. The molecule has 1 amide bonds. The molecule has 0 radical (unpaired) electrons. The van der Waals surface area contributed by atoms with E-state index >= 15 is 0 Å². The van der Waals surface area contributed by atoms with Crippen LogP contribution < -0.4 is 0 Å². The van der Waals surface area contributed by atoms with Crippen LogP contribution in [0.3, 0.4) is 0 Å². The molecule has 2 fully saturated rings. The number of rotatable bonds is 5. The molecule has 3 heterocycles. The Morgan fingerprint density at radius 3 is 2.81 bits per heavy atom. The number of morpholine rings is 1. The minimum atomic E-state index is 0.0277. The molecule has 2 aliphatic heterocycles. The van der Waals surface area contributed by atoms with E-state index in [1.165, 1.54) is 11.8 Å². The lowest BCUT2D eigenvalue weighted by molar-refractivity contribution is -0.122. The summed E-state index contributed by atoms with van der Waals surface area (Å²) in [6, 6.07) is 8.23. The molecule has 0 saturated carbocycles. The first kappa shape index (κ1) is 18.7. The SMILES string of the molecule is Cn1cc(/C=C2\SC(=S)N(CCCN3CCOCC3)C2=O)c2ccccc21. The Hall–Kier alpha value is -1.67. The number of aromatic nitrogens is 1. The van der Waals surface area contributed by atoms with E-state index in [-0.39, 0.29) is 5.91 Å². The normalized spacial score (nSPS) is 20.3. The number of fused-ring (bicyclic) bond motifs is 1. The van der Waals surface area contributed by atoms with Crippen molar-refractivity contribution in [2.75, 3.05) is 39.4 Å². The Morgan fingerprint density at radius 1 is 1.22 bits per heavy atom. The van der Waals surface area contributed by atoms with Crippen molar-refractivity contribution in [3.8, 4) is 0 Å². The predicted molar refractivity (Wildman–Crippen MR) is 115 cm³/mol. The number of aryl methyl sites for hydroxylation is 1. The molecular weight excluding hydrogens is 378 g/mol. The second kappa shape index (κ2) is 8.14. The molecule has 2 aliphatic rings. The molecule has 0 unspecified atom stereocenters. The highest BCUT2D eigenvalue weighted by Crippen LogP contribution is 2.34. The number of nitrogens with zero attached hydrogens (tertiary/aromatic N) is 3. The molecule has 0 atom stereocenters. The fourth-order valence-corrected chi connectivity index (χ4v) is 4.90. The van der Waals surface area contributed by atoms with Crippen LogP contribution in [0.4, 0.5) is 0 Å². The van der Waals surface area contributed by atoms with Gasteiger partial charge in [0.15, 0.2) is 0 Å². The molecule has 0 bridgehead atoms. The topological polar surface area (TPSA) is 37.7 Å². The van der Waals surface area contributed by atoms with Gasteiger partial charge in [-0.1, -0.05) is 42.2 Å². The lowest BCUT2D eigenvalue weighted by Crippen LogP contribution is -2.38. The molecule has 0 N–H and O–H groups in total. The minimum Gasteiger partial charge on any atom is -0.379 e. The summed E-state index contributed by atoms with van der Waals surface area (Å²) in [6.45, 7) is 5.19. The fourth-order valence-electron chi connectivity index (χ4n) is 3.60. The number of carbonyl (C=O) groups excluding carboxylic acids is 1. The van der Waals surface area contributed by atoms with Crippen molar-refractivity contribution in [3.05, 3.63) is 40.9 Å². The van der Waals surface area contributed by atoms with E-state index in [0.29, 0.717) is 15.8 Å².